The number of hydrogen-bond donors (Lipinski definition) is 0. The smallest absolute Gasteiger partial charge is 0.309 e. The van der Waals surface area contributed by atoms with Crippen molar-refractivity contribution in [1.82, 2.24) is 0 Å². The monoisotopic (exact) mass is 604 g/mol. The number of aryl methyl sites for hydroxylation is 1. The van der Waals surface area contributed by atoms with E-state index in [1.165, 1.54) is 7.11 Å². The van der Waals surface area contributed by atoms with Crippen LogP contribution in [-0.4, -0.2) is 27.3 Å². The van der Waals surface area contributed by atoms with Gasteiger partial charge in [0.25, 0.3) is 0 Å². The van der Waals surface area contributed by atoms with Crippen LogP contribution in [0.2, 0.25) is 0 Å². The molecule has 3 aromatic carbocycles. The predicted molar refractivity (Wildman–Crippen MR) is 145 cm³/mol. The van der Waals surface area contributed by atoms with Crippen LogP contribution < -0.4 is 9.47 Å². The summed E-state index contributed by atoms with van der Waals surface area (Å²) in [4.78, 5) is 11.7. The first-order valence-corrected chi connectivity index (χ1v) is 12.8. The van der Waals surface area contributed by atoms with Gasteiger partial charge in [-0.2, -0.15) is 0 Å². The second-order valence-electron chi connectivity index (χ2n) is 8.50. The van der Waals surface area contributed by atoms with Gasteiger partial charge in [0.1, 0.15) is 17.6 Å². The number of benzene rings is 3. The van der Waals surface area contributed by atoms with Crippen molar-refractivity contribution in [2.75, 3.05) is 21.3 Å². The van der Waals surface area contributed by atoms with E-state index >= 15 is 0 Å². The Bertz CT molecular complexity index is 1180. The zero-order valence-corrected chi connectivity index (χ0v) is 23.9. The molecule has 5 nitrogen and oxygen atoms in total. The van der Waals surface area contributed by atoms with Crippen LogP contribution in [0.15, 0.2) is 57.5 Å². The third-order valence-corrected chi connectivity index (χ3v) is 7.00. The number of halogens is 2. The molecule has 0 saturated heterocycles. The SMILES string of the molecule is COC(=O)Cc1cc(Br)c(Oc2cc(C(C)C)c(OC)cc2C(OC)c2ccccc2C)c(Br)c1. The van der Waals surface area contributed by atoms with Crippen LogP contribution in [0.1, 0.15) is 53.7 Å². The number of rotatable bonds is 9. The van der Waals surface area contributed by atoms with E-state index in [9.17, 15) is 4.79 Å². The molecule has 3 rings (SSSR count). The van der Waals surface area contributed by atoms with Gasteiger partial charge < -0.3 is 18.9 Å². The zero-order valence-electron chi connectivity index (χ0n) is 20.8. The number of esters is 1. The van der Waals surface area contributed by atoms with Gasteiger partial charge in [-0.1, -0.05) is 38.1 Å². The number of carbonyl (C=O) groups excluding carboxylic acids is 1. The van der Waals surface area contributed by atoms with Gasteiger partial charge in [0.15, 0.2) is 5.75 Å². The average molecular weight is 606 g/mol. The van der Waals surface area contributed by atoms with Crippen molar-refractivity contribution >= 4 is 37.8 Å². The number of methoxy groups -OCH3 is 3. The highest BCUT2D eigenvalue weighted by molar-refractivity contribution is 9.11. The molecule has 7 heteroatoms. The molecular weight excluding hydrogens is 576 g/mol. The topological polar surface area (TPSA) is 54.0 Å². The van der Waals surface area contributed by atoms with E-state index in [1.807, 2.05) is 36.4 Å². The van der Waals surface area contributed by atoms with Crippen LogP contribution in [0.25, 0.3) is 0 Å². The Morgan fingerprint density at radius 1 is 0.886 bits per heavy atom. The molecule has 0 aliphatic heterocycles. The van der Waals surface area contributed by atoms with E-state index in [0.717, 1.165) is 33.6 Å². The lowest BCUT2D eigenvalue weighted by atomic mass is 9.93. The maximum Gasteiger partial charge on any atom is 0.309 e. The summed E-state index contributed by atoms with van der Waals surface area (Å²) < 4.78 is 24.5. The molecule has 0 aliphatic rings. The summed E-state index contributed by atoms with van der Waals surface area (Å²) in [6.07, 6.45) is -0.198. The normalized spacial score (nSPS) is 11.9. The Balaban J connectivity index is 2.16. The molecular formula is C28H30Br2O5. The van der Waals surface area contributed by atoms with Crippen molar-refractivity contribution in [1.29, 1.82) is 0 Å². The first-order valence-electron chi connectivity index (χ1n) is 11.2. The van der Waals surface area contributed by atoms with Gasteiger partial charge in [-0.25, -0.2) is 0 Å². The Morgan fingerprint density at radius 2 is 1.51 bits per heavy atom. The van der Waals surface area contributed by atoms with E-state index in [1.54, 1.807) is 14.2 Å². The van der Waals surface area contributed by atoms with E-state index in [0.29, 0.717) is 20.4 Å². The third-order valence-electron chi connectivity index (χ3n) is 5.82. The van der Waals surface area contributed by atoms with Gasteiger partial charge in [0, 0.05) is 18.2 Å². The highest BCUT2D eigenvalue weighted by Gasteiger charge is 2.25. The summed E-state index contributed by atoms with van der Waals surface area (Å²) in [7, 11) is 4.74. The lowest BCUT2D eigenvalue weighted by molar-refractivity contribution is -0.139. The van der Waals surface area contributed by atoms with Crippen LogP contribution in [-0.2, 0) is 20.7 Å². The molecule has 0 aromatic heterocycles. The van der Waals surface area contributed by atoms with Gasteiger partial charge in [0.05, 0.1) is 29.6 Å². The molecule has 0 saturated carbocycles. The van der Waals surface area contributed by atoms with Crippen molar-refractivity contribution < 1.29 is 23.7 Å². The molecule has 3 aromatic rings. The van der Waals surface area contributed by atoms with E-state index < -0.39 is 0 Å². The summed E-state index contributed by atoms with van der Waals surface area (Å²) in [5.41, 5.74) is 4.84. The summed E-state index contributed by atoms with van der Waals surface area (Å²) in [6, 6.07) is 15.9. The molecule has 0 radical (unpaired) electrons. The van der Waals surface area contributed by atoms with Crippen molar-refractivity contribution in [2.45, 2.75) is 39.2 Å². The van der Waals surface area contributed by atoms with Crippen LogP contribution in [0.5, 0.6) is 17.2 Å². The van der Waals surface area contributed by atoms with Crippen molar-refractivity contribution in [3.8, 4) is 17.2 Å². The van der Waals surface area contributed by atoms with Crippen LogP contribution in [0.3, 0.4) is 0 Å². The van der Waals surface area contributed by atoms with E-state index in [2.05, 4.69) is 64.8 Å². The van der Waals surface area contributed by atoms with Gasteiger partial charge in [-0.15, -0.1) is 0 Å². The summed E-state index contributed by atoms with van der Waals surface area (Å²) in [6.45, 7) is 6.29. The van der Waals surface area contributed by atoms with E-state index in [-0.39, 0.29) is 24.4 Å². The molecule has 0 bridgehead atoms. The zero-order chi connectivity index (χ0) is 25.7. The molecule has 1 atom stereocenters. The summed E-state index contributed by atoms with van der Waals surface area (Å²) >= 11 is 7.23. The average Bonchev–Trinajstić information content (AvgIpc) is 2.83. The standard InChI is InChI=1S/C28H30Br2O5/c1-16(2)20-14-25(35-28-22(29)11-18(12-23(28)30)13-26(31)33-5)21(15-24(20)32-4)27(34-6)19-10-8-7-9-17(19)3/h7-12,14-16,27H,13H2,1-6H3. The lowest BCUT2D eigenvalue weighted by Gasteiger charge is -2.24. The highest BCUT2D eigenvalue weighted by atomic mass is 79.9. The van der Waals surface area contributed by atoms with Gasteiger partial charge in [-0.05, 0) is 85.7 Å². The lowest BCUT2D eigenvalue weighted by Crippen LogP contribution is -2.09. The second kappa shape index (κ2) is 12.1. The van der Waals surface area contributed by atoms with Gasteiger partial charge in [0.2, 0.25) is 0 Å². The number of carbonyl (C=O) groups is 1. The highest BCUT2D eigenvalue weighted by Crippen LogP contribution is 2.45. The van der Waals surface area contributed by atoms with Crippen molar-refractivity contribution in [3.05, 3.63) is 85.3 Å². The fourth-order valence-corrected chi connectivity index (χ4v) is 5.42. The Hall–Kier alpha value is -2.35. The Labute approximate surface area is 224 Å². The maximum atomic E-state index is 11.7. The van der Waals surface area contributed by atoms with Gasteiger partial charge in [-0.3, -0.25) is 4.79 Å². The first-order chi connectivity index (χ1) is 16.7. The number of ether oxygens (including phenoxy) is 4. The van der Waals surface area contributed by atoms with E-state index in [4.69, 9.17) is 18.9 Å². The molecule has 186 valence electrons. The quantitative estimate of drug-likeness (QED) is 0.232. The molecule has 1 unspecified atom stereocenters. The molecule has 0 aliphatic carbocycles. The molecule has 35 heavy (non-hydrogen) atoms. The van der Waals surface area contributed by atoms with Crippen LogP contribution >= 0.6 is 31.9 Å². The molecule has 0 spiro atoms. The maximum absolute atomic E-state index is 11.7. The fourth-order valence-electron chi connectivity index (χ4n) is 3.98. The fraction of sp³-hybridized carbons (Fsp3) is 0.321. The summed E-state index contributed by atoms with van der Waals surface area (Å²) in [5, 5.41) is 0. The van der Waals surface area contributed by atoms with Crippen LogP contribution in [0, 0.1) is 6.92 Å². The second-order valence-corrected chi connectivity index (χ2v) is 10.2. The largest absolute Gasteiger partial charge is 0.496 e. The molecule has 0 amide bonds. The predicted octanol–water partition coefficient (Wildman–Crippen LogP) is 7.90. The molecule has 0 heterocycles. The van der Waals surface area contributed by atoms with Crippen molar-refractivity contribution in [2.24, 2.45) is 0 Å². The minimum atomic E-state index is -0.363. The molecule has 0 fully saturated rings. The minimum Gasteiger partial charge on any atom is -0.496 e. The minimum absolute atomic E-state index is 0.165. The van der Waals surface area contributed by atoms with Crippen LogP contribution in [0.4, 0.5) is 0 Å². The Kier molecular flexibility index (Phi) is 9.39. The third kappa shape index (κ3) is 6.26. The summed E-state index contributed by atoms with van der Waals surface area (Å²) in [5.74, 6) is 1.95. The van der Waals surface area contributed by atoms with Crippen molar-refractivity contribution in [3.63, 3.8) is 0 Å². The van der Waals surface area contributed by atoms with Gasteiger partial charge >= 0.3 is 5.97 Å². The molecule has 0 N–H and O–H groups in total. The Morgan fingerprint density at radius 3 is 2.06 bits per heavy atom. The number of hydrogen-bond acceptors (Lipinski definition) is 5. The first kappa shape index (κ1) is 27.2.